The summed E-state index contributed by atoms with van der Waals surface area (Å²) in [7, 11) is 0. The second-order valence-corrected chi connectivity index (χ2v) is 5.07. The van der Waals surface area contributed by atoms with Crippen molar-refractivity contribution < 1.29 is 0 Å². The van der Waals surface area contributed by atoms with Crippen LogP contribution in [0.5, 0.6) is 0 Å². The summed E-state index contributed by atoms with van der Waals surface area (Å²) in [5.74, 6) is 0. The Labute approximate surface area is 119 Å². The Bertz CT molecular complexity index is 730. The maximum atomic E-state index is 4.60. The number of aromatic nitrogens is 1. The van der Waals surface area contributed by atoms with Gasteiger partial charge < -0.3 is 0 Å². The van der Waals surface area contributed by atoms with Crippen LogP contribution in [0.15, 0.2) is 66.9 Å². The molecule has 0 atom stereocenters. The Kier molecular flexibility index (Phi) is 3.34. The fourth-order valence-electron chi connectivity index (χ4n) is 2.46. The van der Waals surface area contributed by atoms with Gasteiger partial charge in [0.05, 0.1) is 5.69 Å². The van der Waals surface area contributed by atoms with Crippen LogP contribution in [0.4, 0.5) is 0 Å². The summed E-state index contributed by atoms with van der Waals surface area (Å²) < 4.78 is 0. The molecular formula is C19H17N. The highest BCUT2D eigenvalue weighted by Crippen LogP contribution is 2.28. The normalized spacial score (nSPS) is 10.5. The minimum atomic E-state index is 1.03. The average Bonchev–Trinajstić information content (AvgIpc) is 2.49. The lowest BCUT2D eigenvalue weighted by atomic mass is 9.98. The molecule has 0 radical (unpaired) electrons. The highest BCUT2D eigenvalue weighted by atomic mass is 14.7. The van der Waals surface area contributed by atoms with Crippen molar-refractivity contribution in [2.75, 3.05) is 0 Å². The molecule has 0 saturated carbocycles. The van der Waals surface area contributed by atoms with Gasteiger partial charge in [-0.05, 0) is 42.2 Å². The monoisotopic (exact) mass is 259 g/mol. The molecule has 0 aliphatic carbocycles. The Morgan fingerprint density at radius 2 is 1.40 bits per heavy atom. The molecule has 20 heavy (non-hydrogen) atoms. The lowest BCUT2D eigenvalue weighted by Crippen LogP contribution is -1.91. The lowest BCUT2D eigenvalue weighted by molar-refractivity contribution is 1.26. The first-order valence-electron chi connectivity index (χ1n) is 6.84. The lowest BCUT2D eigenvalue weighted by Gasteiger charge is -2.10. The van der Waals surface area contributed by atoms with Crippen LogP contribution in [0.1, 0.15) is 11.1 Å². The van der Waals surface area contributed by atoms with E-state index in [4.69, 9.17) is 0 Å². The van der Waals surface area contributed by atoms with Crippen molar-refractivity contribution in [1.82, 2.24) is 4.98 Å². The minimum absolute atomic E-state index is 1.03. The van der Waals surface area contributed by atoms with Gasteiger partial charge in [0.25, 0.3) is 0 Å². The van der Waals surface area contributed by atoms with Crippen molar-refractivity contribution in [3.63, 3.8) is 0 Å². The molecule has 1 aromatic heterocycles. The van der Waals surface area contributed by atoms with Crippen LogP contribution >= 0.6 is 0 Å². The molecule has 1 heterocycles. The van der Waals surface area contributed by atoms with Gasteiger partial charge in [-0.1, -0.05) is 54.6 Å². The Balaban J connectivity index is 2.15. The van der Waals surface area contributed by atoms with Gasteiger partial charge >= 0.3 is 0 Å². The molecule has 98 valence electrons. The highest BCUT2D eigenvalue weighted by molar-refractivity contribution is 5.73. The molecule has 0 amide bonds. The molecule has 3 rings (SSSR count). The van der Waals surface area contributed by atoms with Crippen LogP contribution in [0.2, 0.25) is 0 Å². The first kappa shape index (κ1) is 12.6. The quantitative estimate of drug-likeness (QED) is 0.628. The fraction of sp³-hybridized carbons (Fsp3) is 0.105. The van der Waals surface area contributed by atoms with E-state index >= 15 is 0 Å². The summed E-state index contributed by atoms with van der Waals surface area (Å²) in [5, 5.41) is 0. The smallest absolute Gasteiger partial charge is 0.0711 e. The molecule has 0 aliphatic rings. The zero-order valence-electron chi connectivity index (χ0n) is 11.8. The zero-order valence-corrected chi connectivity index (χ0v) is 11.8. The van der Waals surface area contributed by atoms with Crippen molar-refractivity contribution in [3.8, 4) is 22.4 Å². The molecular weight excluding hydrogens is 242 g/mol. The minimum Gasteiger partial charge on any atom is -0.256 e. The van der Waals surface area contributed by atoms with E-state index < -0.39 is 0 Å². The molecule has 0 saturated heterocycles. The second kappa shape index (κ2) is 5.30. The summed E-state index contributed by atoms with van der Waals surface area (Å²) in [6.45, 7) is 4.23. The van der Waals surface area contributed by atoms with E-state index in [1.165, 1.54) is 27.8 Å². The molecule has 2 aromatic carbocycles. The summed E-state index contributed by atoms with van der Waals surface area (Å²) in [6.07, 6.45) is 1.96. The Morgan fingerprint density at radius 1 is 0.700 bits per heavy atom. The number of pyridine rings is 1. The molecule has 1 heteroatoms. The Hall–Kier alpha value is -2.41. The average molecular weight is 259 g/mol. The van der Waals surface area contributed by atoms with Crippen molar-refractivity contribution in [2.45, 2.75) is 13.8 Å². The largest absolute Gasteiger partial charge is 0.256 e. The third-order valence-corrected chi connectivity index (χ3v) is 3.61. The van der Waals surface area contributed by atoms with Gasteiger partial charge in [0, 0.05) is 11.8 Å². The summed E-state index contributed by atoms with van der Waals surface area (Å²) in [5.41, 5.74) is 7.18. The van der Waals surface area contributed by atoms with Gasteiger partial charge in [-0.25, -0.2) is 0 Å². The maximum Gasteiger partial charge on any atom is 0.0711 e. The first-order chi connectivity index (χ1) is 9.75. The second-order valence-electron chi connectivity index (χ2n) is 5.07. The molecule has 1 nitrogen and oxygen atoms in total. The van der Waals surface area contributed by atoms with E-state index in [9.17, 15) is 0 Å². The number of hydrogen-bond donors (Lipinski definition) is 0. The van der Waals surface area contributed by atoms with Gasteiger partial charge in [0.15, 0.2) is 0 Å². The predicted molar refractivity (Wildman–Crippen MR) is 84.6 cm³/mol. The van der Waals surface area contributed by atoms with Crippen molar-refractivity contribution >= 4 is 0 Å². The van der Waals surface area contributed by atoms with E-state index in [1.54, 1.807) is 0 Å². The first-order valence-corrected chi connectivity index (χ1v) is 6.84. The number of rotatable bonds is 2. The maximum absolute atomic E-state index is 4.60. The van der Waals surface area contributed by atoms with Gasteiger partial charge in [0.2, 0.25) is 0 Å². The summed E-state index contributed by atoms with van der Waals surface area (Å²) in [6, 6.07) is 21.0. The van der Waals surface area contributed by atoms with Crippen molar-refractivity contribution in [3.05, 3.63) is 78.0 Å². The highest BCUT2D eigenvalue weighted by Gasteiger charge is 2.07. The van der Waals surface area contributed by atoms with E-state index in [0.717, 1.165) is 5.69 Å². The van der Waals surface area contributed by atoms with Crippen LogP contribution in [0.3, 0.4) is 0 Å². The van der Waals surface area contributed by atoms with E-state index in [2.05, 4.69) is 73.4 Å². The number of hydrogen-bond acceptors (Lipinski definition) is 1. The molecule has 0 bridgehead atoms. The number of aryl methyl sites for hydroxylation is 2. The standard InChI is InChI=1S/C19H17N/c1-14-8-6-7-11-17(14)19-12-18(15(2)13-20-19)16-9-4-3-5-10-16/h3-13H,1-2H3. The van der Waals surface area contributed by atoms with Crippen molar-refractivity contribution in [2.24, 2.45) is 0 Å². The third-order valence-electron chi connectivity index (χ3n) is 3.61. The molecule has 0 spiro atoms. The zero-order chi connectivity index (χ0) is 13.9. The van der Waals surface area contributed by atoms with Crippen LogP contribution < -0.4 is 0 Å². The molecule has 0 unspecified atom stereocenters. The summed E-state index contributed by atoms with van der Waals surface area (Å²) in [4.78, 5) is 4.60. The van der Waals surface area contributed by atoms with Crippen LogP contribution in [0, 0.1) is 13.8 Å². The van der Waals surface area contributed by atoms with E-state index in [0.29, 0.717) is 0 Å². The third kappa shape index (κ3) is 2.35. The molecule has 3 aromatic rings. The van der Waals surface area contributed by atoms with E-state index in [1.807, 2.05) is 12.3 Å². The van der Waals surface area contributed by atoms with Gasteiger partial charge in [-0.15, -0.1) is 0 Å². The SMILES string of the molecule is Cc1cnc(-c2ccccc2C)cc1-c1ccccc1. The molecule has 0 fully saturated rings. The van der Waals surface area contributed by atoms with Crippen LogP contribution in [-0.2, 0) is 0 Å². The number of nitrogens with zero attached hydrogens (tertiary/aromatic N) is 1. The van der Waals surface area contributed by atoms with E-state index in [-0.39, 0.29) is 0 Å². The van der Waals surface area contributed by atoms with Crippen molar-refractivity contribution in [1.29, 1.82) is 0 Å². The Morgan fingerprint density at radius 3 is 2.15 bits per heavy atom. The molecule has 0 N–H and O–H groups in total. The summed E-state index contributed by atoms with van der Waals surface area (Å²) >= 11 is 0. The number of benzene rings is 2. The van der Waals surface area contributed by atoms with Gasteiger partial charge in [-0.3, -0.25) is 4.98 Å². The van der Waals surface area contributed by atoms with Crippen LogP contribution in [0.25, 0.3) is 22.4 Å². The fourth-order valence-corrected chi connectivity index (χ4v) is 2.46. The van der Waals surface area contributed by atoms with Gasteiger partial charge in [0.1, 0.15) is 0 Å². The van der Waals surface area contributed by atoms with Gasteiger partial charge in [-0.2, -0.15) is 0 Å². The topological polar surface area (TPSA) is 12.9 Å². The predicted octanol–water partition coefficient (Wildman–Crippen LogP) is 5.03. The van der Waals surface area contributed by atoms with Crippen LogP contribution in [-0.4, -0.2) is 4.98 Å². The molecule has 0 aliphatic heterocycles.